The van der Waals surface area contributed by atoms with Gasteiger partial charge in [0.25, 0.3) is 0 Å². The van der Waals surface area contributed by atoms with Crippen LogP contribution >= 0.6 is 34.4 Å². The number of rotatable bonds is 2. The molecule has 0 saturated heterocycles. The molecule has 0 spiro atoms. The van der Waals surface area contributed by atoms with Crippen LogP contribution in [0.5, 0.6) is 0 Å². The van der Waals surface area contributed by atoms with Crippen LogP contribution < -0.4 is 0 Å². The van der Waals surface area contributed by atoms with E-state index in [1.54, 1.807) is 0 Å². The Balaban J connectivity index is 2.15. The zero-order chi connectivity index (χ0) is 7.68. The maximum absolute atomic E-state index is 4.31. The molecule has 11 heavy (non-hydrogen) atoms. The fraction of sp³-hybridized carbons (Fsp3) is 0.375. The van der Waals surface area contributed by atoms with Crippen LogP contribution in [0.3, 0.4) is 0 Å². The van der Waals surface area contributed by atoms with Crippen LogP contribution in [0.2, 0.25) is 0 Å². The van der Waals surface area contributed by atoms with Crippen molar-refractivity contribution in [1.29, 1.82) is 0 Å². The van der Waals surface area contributed by atoms with Crippen LogP contribution in [0.1, 0.15) is 12.8 Å². The number of aromatic nitrogens is 1. The Morgan fingerprint density at radius 2 is 2.36 bits per heavy atom. The normalized spacial score (nSPS) is 16.8. The first-order valence-corrected chi connectivity index (χ1v) is 5.59. The predicted octanol–water partition coefficient (Wildman–Crippen LogP) is 2.94. The van der Waals surface area contributed by atoms with E-state index in [4.69, 9.17) is 0 Å². The highest BCUT2D eigenvalue weighted by Crippen LogP contribution is 2.39. The largest absolute Gasteiger partial charge is 0.249 e. The van der Waals surface area contributed by atoms with E-state index in [-0.39, 0.29) is 0 Å². The molecule has 1 saturated carbocycles. The first-order valence-electron chi connectivity index (χ1n) is 3.63. The fourth-order valence-electron chi connectivity index (χ4n) is 0.802. The van der Waals surface area contributed by atoms with Crippen LogP contribution in [0.4, 0.5) is 0 Å². The molecule has 58 valence electrons. The number of hydrogen-bond donors (Lipinski definition) is 0. The summed E-state index contributed by atoms with van der Waals surface area (Å²) in [6, 6.07) is 4.09. The highest BCUT2D eigenvalue weighted by Gasteiger charge is 2.23. The van der Waals surface area contributed by atoms with Gasteiger partial charge < -0.3 is 0 Å². The molecule has 1 heterocycles. The molecule has 0 bridgehead atoms. The summed E-state index contributed by atoms with van der Waals surface area (Å²) in [5.74, 6) is 0. The third-order valence-electron chi connectivity index (χ3n) is 1.53. The van der Waals surface area contributed by atoms with Crippen LogP contribution in [-0.2, 0) is 0 Å². The number of halogens is 1. The zero-order valence-electron chi connectivity index (χ0n) is 5.96. The van der Waals surface area contributed by atoms with Gasteiger partial charge in [-0.05, 0) is 47.6 Å². The number of nitrogens with zero attached hydrogens (tertiary/aromatic N) is 1. The average Bonchev–Trinajstić information content (AvgIpc) is 2.78. The smallest absolute Gasteiger partial charge is 0.110 e. The highest BCUT2D eigenvalue weighted by molar-refractivity contribution is 14.1. The molecule has 1 fully saturated rings. The monoisotopic (exact) mass is 277 g/mol. The summed E-state index contributed by atoms with van der Waals surface area (Å²) in [5.41, 5.74) is 0. The SMILES string of the molecule is Ic1cccnc1SC1CC1. The van der Waals surface area contributed by atoms with Crippen LogP contribution in [0, 0.1) is 3.57 Å². The summed E-state index contributed by atoms with van der Waals surface area (Å²) in [4.78, 5) is 4.31. The lowest BCUT2D eigenvalue weighted by atomic mass is 10.5. The standard InChI is InChI=1S/C8H8INS/c9-7-2-1-5-10-8(7)11-6-3-4-6/h1-2,5-6H,3-4H2. The van der Waals surface area contributed by atoms with Gasteiger partial charge >= 0.3 is 0 Å². The van der Waals surface area contributed by atoms with Crippen LogP contribution in [-0.4, -0.2) is 10.2 Å². The Labute approximate surface area is 84.1 Å². The molecule has 0 radical (unpaired) electrons. The van der Waals surface area contributed by atoms with E-state index in [0.717, 1.165) is 5.25 Å². The van der Waals surface area contributed by atoms with Crippen molar-refractivity contribution in [3.63, 3.8) is 0 Å². The molecule has 0 unspecified atom stereocenters. The second-order valence-corrected chi connectivity index (χ2v) is 5.06. The van der Waals surface area contributed by atoms with E-state index in [1.807, 2.05) is 24.0 Å². The lowest BCUT2D eigenvalue weighted by molar-refractivity contribution is 1.10. The van der Waals surface area contributed by atoms with Crippen molar-refractivity contribution in [1.82, 2.24) is 4.98 Å². The number of pyridine rings is 1. The minimum absolute atomic E-state index is 0.860. The summed E-state index contributed by atoms with van der Waals surface area (Å²) in [6.07, 6.45) is 4.61. The molecule has 0 aromatic carbocycles. The second-order valence-electron chi connectivity index (χ2n) is 2.61. The van der Waals surface area contributed by atoms with Gasteiger partial charge in [0.05, 0.1) is 0 Å². The first kappa shape index (κ1) is 7.86. The predicted molar refractivity (Wildman–Crippen MR) is 55.8 cm³/mol. The van der Waals surface area contributed by atoms with E-state index >= 15 is 0 Å². The zero-order valence-corrected chi connectivity index (χ0v) is 8.93. The molecule has 0 aliphatic heterocycles. The summed E-state index contributed by atoms with van der Waals surface area (Å²) < 4.78 is 1.28. The van der Waals surface area contributed by atoms with Crippen molar-refractivity contribution in [2.45, 2.75) is 23.1 Å². The van der Waals surface area contributed by atoms with Crippen molar-refractivity contribution >= 4 is 34.4 Å². The molecule has 1 aliphatic rings. The maximum atomic E-state index is 4.31. The lowest BCUT2D eigenvalue weighted by Crippen LogP contribution is -1.84. The molecule has 0 N–H and O–H groups in total. The quantitative estimate of drug-likeness (QED) is 0.771. The van der Waals surface area contributed by atoms with Crippen molar-refractivity contribution in [2.24, 2.45) is 0 Å². The topological polar surface area (TPSA) is 12.9 Å². The molecule has 1 aromatic heterocycles. The third-order valence-corrected chi connectivity index (χ3v) is 4.12. The molecule has 0 amide bonds. The van der Waals surface area contributed by atoms with E-state index in [9.17, 15) is 0 Å². The number of hydrogen-bond acceptors (Lipinski definition) is 2. The molecule has 2 rings (SSSR count). The van der Waals surface area contributed by atoms with Gasteiger partial charge in [0.2, 0.25) is 0 Å². The molecule has 0 atom stereocenters. The summed E-state index contributed by atoms with van der Waals surface area (Å²) in [6.45, 7) is 0. The van der Waals surface area contributed by atoms with Gasteiger partial charge in [-0.1, -0.05) is 0 Å². The molecule has 1 nitrogen and oxygen atoms in total. The van der Waals surface area contributed by atoms with E-state index in [1.165, 1.54) is 21.4 Å². The van der Waals surface area contributed by atoms with Gasteiger partial charge in [-0.25, -0.2) is 4.98 Å². The fourth-order valence-corrected chi connectivity index (χ4v) is 2.52. The molecular weight excluding hydrogens is 269 g/mol. The highest BCUT2D eigenvalue weighted by atomic mass is 127. The average molecular weight is 277 g/mol. The van der Waals surface area contributed by atoms with Gasteiger partial charge in [-0.3, -0.25) is 0 Å². The van der Waals surface area contributed by atoms with Crippen LogP contribution in [0.25, 0.3) is 0 Å². The lowest BCUT2D eigenvalue weighted by Gasteiger charge is -1.99. The Bertz CT molecular complexity index is 260. The van der Waals surface area contributed by atoms with E-state index in [2.05, 4.69) is 33.6 Å². The second kappa shape index (κ2) is 3.31. The minimum atomic E-state index is 0.860. The summed E-state index contributed by atoms with van der Waals surface area (Å²) in [5, 5.41) is 2.06. The Morgan fingerprint density at radius 1 is 1.55 bits per heavy atom. The van der Waals surface area contributed by atoms with Gasteiger partial charge in [0.1, 0.15) is 5.03 Å². The van der Waals surface area contributed by atoms with Gasteiger partial charge in [0.15, 0.2) is 0 Å². The third kappa shape index (κ3) is 2.08. The van der Waals surface area contributed by atoms with Crippen molar-refractivity contribution in [3.05, 3.63) is 21.9 Å². The van der Waals surface area contributed by atoms with Gasteiger partial charge in [-0.15, -0.1) is 11.8 Å². The Morgan fingerprint density at radius 3 is 3.00 bits per heavy atom. The Hall–Kier alpha value is 0.230. The van der Waals surface area contributed by atoms with Gasteiger partial charge in [0, 0.05) is 15.0 Å². The van der Waals surface area contributed by atoms with Gasteiger partial charge in [-0.2, -0.15) is 0 Å². The maximum Gasteiger partial charge on any atom is 0.110 e. The number of thioether (sulfide) groups is 1. The van der Waals surface area contributed by atoms with E-state index < -0.39 is 0 Å². The van der Waals surface area contributed by atoms with Crippen molar-refractivity contribution in [3.8, 4) is 0 Å². The molecular formula is C8H8INS. The summed E-state index contributed by atoms with van der Waals surface area (Å²) >= 11 is 4.26. The first-order chi connectivity index (χ1) is 5.36. The molecule has 3 heteroatoms. The van der Waals surface area contributed by atoms with Crippen molar-refractivity contribution in [2.75, 3.05) is 0 Å². The molecule has 1 aliphatic carbocycles. The Kier molecular flexibility index (Phi) is 2.36. The van der Waals surface area contributed by atoms with E-state index in [0.29, 0.717) is 0 Å². The summed E-state index contributed by atoms with van der Waals surface area (Å²) in [7, 11) is 0. The molecule has 1 aromatic rings. The van der Waals surface area contributed by atoms with Crippen molar-refractivity contribution < 1.29 is 0 Å². The van der Waals surface area contributed by atoms with Crippen LogP contribution in [0.15, 0.2) is 23.4 Å². The minimum Gasteiger partial charge on any atom is -0.249 e.